The lowest BCUT2D eigenvalue weighted by Gasteiger charge is -2.20. The monoisotopic (exact) mass is 418 g/mol. The number of rotatable bonds is 7. The lowest BCUT2D eigenvalue weighted by Crippen LogP contribution is -2.37. The fourth-order valence-corrected chi connectivity index (χ4v) is 3.06. The number of hydrogen-bond acceptors (Lipinski definition) is 7. The molecule has 0 aromatic heterocycles. The largest absolute Gasteiger partial charge is 0.497 e. The third-order valence-electron chi connectivity index (χ3n) is 4.79. The molecule has 4 atom stereocenters. The van der Waals surface area contributed by atoms with Crippen molar-refractivity contribution in [2.24, 2.45) is 0 Å². The Bertz CT molecular complexity index is 866. The fourth-order valence-electron chi connectivity index (χ4n) is 3.06. The van der Waals surface area contributed by atoms with E-state index >= 15 is 0 Å². The number of alkyl halides is 1. The zero-order chi connectivity index (χ0) is 21.7. The molecule has 1 heterocycles. The van der Waals surface area contributed by atoms with Crippen molar-refractivity contribution in [1.82, 2.24) is 0 Å². The summed E-state index contributed by atoms with van der Waals surface area (Å²) in [6.07, 6.45) is -4.46. The molecule has 0 saturated carbocycles. The Balaban J connectivity index is 1.62. The van der Waals surface area contributed by atoms with Gasteiger partial charge in [0, 0.05) is 0 Å². The summed E-state index contributed by atoms with van der Waals surface area (Å²) >= 11 is 0. The standard InChI is InChI=1S/C22H23FO7/c1-13-19(23)20(30-22(25)15-6-10-17(27-3)11-7-15)18(29-13)12-28-21(24)14-4-8-16(26-2)9-5-14/h4-11,13,18-20H,12H2,1-3H3/t13?,18-,19-,20-/m1/s1. The minimum absolute atomic E-state index is 0.247. The molecule has 160 valence electrons. The second kappa shape index (κ2) is 9.58. The van der Waals surface area contributed by atoms with E-state index in [4.69, 9.17) is 23.7 Å². The van der Waals surface area contributed by atoms with Gasteiger partial charge in [0.2, 0.25) is 0 Å². The van der Waals surface area contributed by atoms with Gasteiger partial charge >= 0.3 is 11.9 Å². The van der Waals surface area contributed by atoms with Gasteiger partial charge in [-0.3, -0.25) is 0 Å². The van der Waals surface area contributed by atoms with Gasteiger partial charge < -0.3 is 23.7 Å². The predicted octanol–water partition coefficient (Wildman–Crippen LogP) is 3.21. The zero-order valence-electron chi connectivity index (χ0n) is 16.9. The molecule has 0 aliphatic carbocycles. The molecule has 0 amide bonds. The van der Waals surface area contributed by atoms with E-state index in [1.165, 1.54) is 33.3 Å². The molecule has 3 rings (SSSR count). The van der Waals surface area contributed by atoms with Crippen LogP contribution in [-0.2, 0) is 14.2 Å². The first kappa shape index (κ1) is 21.6. The van der Waals surface area contributed by atoms with Crippen molar-refractivity contribution >= 4 is 11.9 Å². The van der Waals surface area contributed by atoms with Gasteiger partial charge in [-0.1, -0.05) is 0 Å². The number of halogens is 1. The predicted molar refractivity (Wildman–Crippen MR) is 105 cm³/mol. The molecule has 1 unspecified atom stereocenters. The van der Waals surface area contributed by atoms with E-state index in [1.54, 1.807) is 36.4 Å². The SMILES string of the molecule is COc1ccc(C(=O)OC[C@H]2OC(C)[C@@H](F)[C@@H]2OC(=O)c2ccc(OC)cc2)cc1. The van der Waals surface area contributed by atoms with E-state index in [0.717, 1.165) is 0 Å². The van der Waals surface area contributed by atoms with Crippen LogP contribution in [0.2, 0.25) is 0 Å². The van der Waals surface area contributed by atoms with Gasteiger partial charge in [-0.25, -0.2) is 14.0 Å². The highest BCUT2D eigenvalue weighted by Crippen LogP contribution is 2.28. The van der Waals surface area contributed by atoms with Gasteiger partial charge in [-0.15, -0.1) is 0 Å². The number of methoxy groups -OCH3 is 2. The molecule has 2 aromatic carbocycles. The minimum atomic E-state index is -1.54. The molecule has 0 bridgehead atoms. The summed E-state index contributed by atoms with van der Waals surface area (Å²) in [5.41, 5.74) is 0.557. The van der Waals surface area contributed by atoms with Crippen LogP contribution < -0.4 is 9.47 Å². The second-order valence-electron chi connectivity index (χ2n) is 6.75. The number of esters is 2. The molecular weight excluding hydrogens is 395 g/mol. The Hall–Kier alpha value is -3.13. The Morgan fingerprint density at radius 1 is 0.900 bits per heavy atom. The van der Waals surface area contributed by atoms with E-state index in [2.05, 4.69) is 0 Å². The van der Waals surface area contributed by atoms with Gasteiger partial charge in [-0.2, -0.15) is 0 Å². The van der Waals surface area contributed by atoms with Gasteiger partial charge in [0.25, 0.3) is 0 Å². The van der Waals surface area contributed by atoms with E-state index in [1.807, 2.05) is 0 Å². The van der Waals surface area contributed by atoms with E-state index in [-0.39, 0.29) is 12.2 Å². The van der Waals surface area contributed by atoms with Crippen LogP contribution in [0.1, 0.15) is 27.6 Å². The first-order chi connectivity index (χ1) is 14.4. The second-order valence-corrected chi connectivity index (χ2v) is 6.75. The molecule has 0 N–H and O–H groups in total. The summed E-state index contributed by atoms with van der Waals surface area (Å²) in [6, 6.07) is 12.6. The summed E-state index contributed by atoms with van der Waals surface area (Å²) in [5, 5.41) is 0. The average Bonchev–Trinajstić information content (AvgIpc) is 3.05. The number of carbonyl (C=O) groups is 2. The molecule has 2 aromatic rings. The first-order valence-corrected chi connectivity index (χ1v) is 9.38. The highest BCUT2D eigenvalue weighted by atomic mass is 19.1. The lowest BCUT2D eigenvalue weighted by atomic mass is 10.1. The molecule has 1 aliphatic heterocycles. The van der Waals surface area contributed by atoms with Crippen molar-refractivity contribution in [3.63, 3.8) is 0 Å². The van der Waals surface area contributed by atoms with Crippen molar-refractivity contribution in [3.05, 3.63) is 59.7 Å². The van der Waals surface area contributed by atoms with Crippen molar-refractivity contribution in [2.75, 3.05) is 20.8 Å². The van der Waals surface area contributed by atoms with Gasteiger partial charge in [-0.05, 0) is 55.5 Å². The summed E-state index contributed by atoms with van der Waals surface area (Å²) < 4.78 is 40.8. The molecule has 1 fully saturated rings. The molecule has 1 saturated heterocycles. The van der Waals surface area contributed by atoms with Crippen molar-refractivity contribution in [1.29, 1.82) is 0 Å². The average molecular weight is 418 g/mol. The third kappa shape index (κ3) is 4.88. The van der Waals surface area contributed by atoms with E-state index in [9.17, 15) is 14.0 Å². The van der Waals surface area contributed by atoms with Crippen LogP contribution in [0.5, 0.6) is 11.5 Å². The Morgan fingerprint density at radius 2 is 1.40 bits per heavy atom. The number of benzene rings is 2. The van der Waals surface area contributed by atoms with Gasteiger partial charge in [0.05, 0.1) is 31.5 Å². The molecule has 7 nitrogen and oxygen atoms in total. The first-order valence-electron chi connectivity index (χ1n) is 9.38. The quantitative estimate of drug-likeness (QED) is 0.639. The van der Waals surface area contributed by atoms with Crippen molar-refractivity contribution in [2.45, 2.75) is 31.4 Å². The normalized spacial score (nSPS) is 22.9. The Morgan fingerprint density at radius 3 is 1.90 bits per heavy atom. The van der Waals surface area contributed by atoms with Gasteiger partial charge in [0.1, 0.15) is 24.2 Å². The highest BCUT2D eigenvalue weighted by Gasteiger charge is 2.46. The molecule has 1 aliphatic rings. The number of hydrogen-bond donors (Lipinski definition) is 0. The maximum absolute atomic E-state index is 14.6. The molecule has 8 heteroatoms. The topological polar surface area (TPSA) is 80.3 Å². The maximum Gasteiger partial charge on any atom is 0.338 e. The number of ether oxygens (including phenoxy) is 5. The van der Waals surface area contributed by atoms with Gasteiger partial charge in [0.15, 0.2) is 12.3 Å². The smallest absolute Gasteiger partial charge is 0.338 e. The van der Waals surface area contributed by atoms with Crippen LogP contribution >= 0.6 is 0 Å². The summed E-state index contributed by atoms with van der Waals surface area (Å²) in [6.45, 7) is 1.28. The lowest BCUT2D eigenvalue weighted by molar-refractivity contribution is -0.0403. The number of carbonyl (C=O) groups excluding carboxylic acids is 2. The third-order valence-corrected chi connectivity index (χ3v) is 4.79. The van der Waals surface area contributed by atoms with E-state index in [0.29, 0.717) is 17.1 Å². The molecule has 30 heavy (non-hydrogen) atoms. The van der Waals surface area contributed by atoms with Crippen LogP contribution in [0, 0.1) is 0 Å². The van der Waals surface area contributed by atoms with Crippen LogP contribution in [0.25, 0.3) is 0 Å². The highest BCUT2D eigenvalue weighted by molar-refractivity contribution is 5.90. The van der Waals surface area contributed by atoms with Crippen LogP contribution in [-0.4, -0.2) is 57.2 Å². The molecular formula is C22H23FO7. The summed E-state index contributed by atoms with van der Waals surface area (Å²) in [4.78, 5) is 24.7. The summed E-state index contributed by atoms with van der Waals surface area (Å²) in [5.74, 6) is -0.118. The molecule has 0 radical (unpaired) electrons. The summed E-state index contributed by atoms with van der Waals surface area (Å²) in [7, 11) is 3.03. The Labute approximate surface area is 173 Å². The van der Waals surface area contributed by atoms with Crippen molar-refractivity contribution in [3.8, 4) is 11.5 Å². The minimum Gasteiger partial charge on any atom is -0.497 e. The maximum atomic E-state index is 14.6. The van der Waals surface area contributed by atoms with E-state index < -0.39 is 36.4 Å². The van der Waals surface area contributed by atoms with Crippen LogP contribution in [0.3, 0.4) is 0 Å². The molecule has 0 spiro atoms. The van der Waals surface area contributed by atoms with Crippen molar-refractivity contribution < 1.29 is 37.7 Å². The van der Waals surface area contributed by atoms with Crippen LogP contribution in [0.4, 0.5) is 4.39 Å². The fraction of sp³-hybridized carbons (Fsp3) is 0.364. The zero-order valence-corrected chi connectivity index (χ0v) is 16.9. The Kier molecular flexibility index (Phi) is 6.89. The van der Waals surface area contributed by atoms with Crippen LogP contribution in [0.15, 0.2) is 48.5 Å².